The first-order chi connectivity index (χ1) is 14.2. The van der Waals surface area contributed by atoms with Crippen LogP contribution in [0, 0.1) is 35.8 Å². The van der Waals surface area contributed by atoms with E-state index >= 15 is 0 Å². The summed E-state index contributed by atoms with van der Waals surface area (Å²) in [5.74, 6) is 1.26. The average molecular weight is 414 g/mol. The Labute approximate surface area is 177 Å². The maximum Gasteiger partial charge on any atom is 0.312 e. The van der Waals surface area contributed by atoms with Crippen LogP contribution in [0.3, 0.4) is 0 Å². The van der Waals surface area contributed by atoms with Gasteiger partial charge in [-0.15, -0.1) is 0 Å². The second kappa shape index (κ2) is 9.38. The molecule has 1 amide bonds. The van der Waals surface area contributed by atoms with E-state index in [1.54, 1.807) is 13.8 Å². The number of hydrogen-bond donors (Lipinski definition) is 1. The van der Waals surface area contributed by atoms with Gasteiger partial charge < -0.3 is 5.32 Å². The van der Waals surface area contributed by atoms with Crippen LogP contribution < -0.4 is 5.32 Å². The van der Waals surface area contributed by atoms with E-state index in [2.05, 4.69) is 41.3 Å². The Morgan fingerprint density at radius 2 is 1.77 bits per heavy atom. The molecule has 8 nitrogen and oxygen atoms in total. The van der Waals surface area contributed by atoms with Crippen molar-refractivity contribution in [3.05, 3.63) is 56.9 Å². The van der Waals surface area contributed by atoms with Crippen LogP contribution in [0.2, 0.25) is 0 Å². The van der Waals surface area contributed by atoms with Gasteiger partial charge in [-0.05, 0) is 43.2 Å². The highest BCUT2D eigenvalue weighted by Crippen LogP contribution is 2.23. The van der Waals surface area contributed by atoms with Crippen LogP contribution in [-0.2, 0) is 24.4 Å². The van der Waals surface area contributed by atoms with E-state index in [1.165, 1.54) is 16.7 Å². The molecule has 3 rings (SSSR count). The summed E-state index contributed by atoms with van der Waals surface area (Å²) in [7, 11) is 0. The summed E-state index contributed by atoms with van der Waals surface area (Å²) >= 11 is 0. The zero-order valence-electron chi connectivity index (χ0n) is 18.2. The molecule has 30 heavy (non-hydrogen) atoms. The van der Waals surface area contributed by atoms with E-state index < -0.39 is 4.92 Å². The zero-order chi connectivity index (χ0) is 21.8. The Bertz CT molecular complexity index is 896. The lowest BCUT2D eigenvalue weighted by Gasteiger charge is -2.35. The Morgan fingerprint density at radius 3 is 2.33 bits per heavy atom. The molecule has 1 aromatic heterocycles. The molecule has 0 bridgehead atoms. The summed E-state index contributed by atoms with van der Waals surface area (Å²) in [5.41, 5.74) is 2.97. The summed E-state index contributed by atoms with van der Waals surface area (Å²) in [6.07, 6.45) is 1.31. The number of hydrogen-bond acceptors (Lipinski definition) is 5. The molecular weight excluding hydrogens is 382 g/mol. The number of nitro groups is 1. The molecule has 2 heterocycles. The molecule has 1 aromatic carbocycles. The van der Waals surface area contributed by atoms with Gasteiger partial charge in [-0.2, -0.15) is 5.10 Å². The van der Waals surface area contributed by atoms with Crippen molar-refractivity contribution in [2.75, 3.05) is 13.1 Å². The molecule has 1 aliphatic heterocycles. The van der Waals surface area contributed by atoms with Crippen LogP contribution in [0.1, 0.15) is 42.8 Å². The average Bonchev–Trinajstić information content (AvgIpc) is 2.93. The van der Waals surface area contributed by atoms with Crippen LogP contribution in [-0.4, -0.2) is 38.6 Å². The number of rotatable bonds is 7. The molecule has 1 N–H and O–H groups in total. The first kappa shape index (κ1) is 22.0. The second-order valence-electron chi connectivity index (χ2n) is 8.67. The molecule has 1 saturated heterocycles. The molecule has 0 radical (unpaired) electrons. The van der Waals surface area contributed by atoms with Crippen molar-refractivity contribution < 1.29 is 9.72 Å². The highest BCUT2D eigenvalue weighted by Gasteiger charge is 2.23. The zero-order valence-corrected chi connectivity index (χ0v) is 18.2. The van der Waals surface area contributed by atoms with Crippen LogP contribution in [0.5, 0.6) is 0 Å². The van der Waals surface area contributed by atoms with Crippen molar-refractivity contribution in [2.45, 2.75) is 53.8 Å². The predicted octanol–water partition coefficient (Wildman–Crippen LogP) is 3.20. The lowest BCUT2D eigenvalue weighted by atomic mass is 9.91. The number of aryl methyl sites for hydroxylation is 1. The van der Waals surface area contributed by atoms with Crippen LogP contribution in [0.4, 0.5) is 5.69 Å². The first-order valence-corrected chi connectivity index (χ1v) is 10.5. The van der Waals surface area contributed by atoms with Crippen molar-refractivity contribution in [2.24, 2.45) is 11.8 Å². The smallest absolute Gasteiger partial charge is 0.312 e. The fourth-order valence-electron chi connectivity index (χ4n) is 4.44. The molecule has 0 saturated carbocycles. The van der Waals surface area contributed by atoms with Gasteiger partial charge >= 0.3 is 5.69 Å². The number of likely N-dealkylation sites (tertiary alicyclic amines) is 1. The molecule has 8 heteroatoms. The quantitative estimate of drug-likeness (QED) is 0.556. The number of piperidine rings is 1. The molecular formula is C22H31N5O3. The van der Waals surface area contributed by atoms with E-state index in [-0.39, 0.29) is 18.1 Å². The lowest BCUT2D eigenvalue weighted by Crippen LogP contribution is -2.38. The Balaban J connectivity index is 1.51. The summed E-state index contributed by atoms with van der Waals surface area (Å²) in [6, 6.07) is 8.33. The summed E-state index contributed by atoms with van der Waals surface area (Å²) < 4.78 is 1.38. The van der Waals surface area contributed by atoms with Gasteiger partial charge in [0.15, 0.2) is 0 Å². The summed E-state index contributed by atoms with van der Waals surface area (Å²) in [6.45, 7) is 11.4. The lowest BCUT2D eigenvalue weighted by molar-refractivity contribution is -0.386. The maximum absolute atomic E-state index is 12.3. The van der Waals surface area contributed by atoms with Gasteiger partial charge in [0, 0.05) is 26.2 Å². The number of carbonyl (C=O) groups excluding carboxylic acids is 1. The van der Waals surface area contributed by atoms with Crippen molar-refractivity contribution in [3.8, 4) is 0 Å². The minimum absolute atomic E-state index is 0.0316. The van der Waals surface area contributed by atoms with Crippen molar-refractivity contribution in [3.63, 3.8) is 0 Å². The molecule has 162 valence electrons. The summed E-state index contributed by atoms with van der Waals surface area (Å²) in [5, 5.41) is 18.1. The number of benzene rings is 1. The third-order valence-electron chi connectivity index (χ3n) is 5.68. The second-order valence-corrected chi connectivity index (χ2v) is 8.67. The van der Waals surface area contributed by atoms with Gasteiger partial charge in [0.25, 0.3) is 0 Å². The highest BCUT2D eigenvalue weighted by atomic mass is 16.6. The third-order valence-corrected chi connectivity index (χ3v) is 5.68. The van der Waals surface area contributed by atoms with Gasteiger partial charge in [-0.3, -0.25) is 24.5 Å². The largest absolute Gasteiger partial charge is 0.350 e. The monoisotopic (exact) mass is 413 g/mol. The summed E-state index contributed by atoms with van der Waals surface area (Å²) in [4.78, 5) is 25.4. The van der Waals surface area contributed by atoms with Crippen LogP contribution >= 0.6 is 0 Å². The normalized spacial score (nSPS) is 19.6. The Hall–Kier alpha value is -2.74. The van der Waals surface area contributed by atoms with E-state index in [9.17, 15) is 14.9 Å². The number of aromatic nitrogens is 2. The molecule has 0 unspecified atom stereocenters. The third kappa shape index (κ3) is 5.44. The van der Waals surface area contributed by atoms with Gasteiger partial charge in [0.05, 0.1) is 4.92 Å². The van der Waals surface area contributed by atoms with Crippen molar-refractivity contribution in [1.29, 1.82) is 0 Å². The van der Waals surface area contributed by atoms with E-state index in [0.717, 1.165) is 37.0 Å². The van der Waals surface area contributed by atoms with E-state index in [4.69, 9.17) is 0 Å². The fraction of sp³-hybridized carbons (Fsp3) is 0.545. The van der Waals surface area contributed by atoms with Gasteiger partial charge in [-0.25, -0.2) is 0 Å². The molecule has 2 aromatic rings. The van der Waals surface area contributed by atoms with Crippen LogP contribution in [0.15, 0.2) is 24.3 Å². The predicted molar refractivity (Wildman–Crippen MR) is 115 cm³/mol. The van der Waals surface area contributed by atoms with Crippen molar-refractivity contribution in [1.82, 2.24) is 20.0 Å². The SMILES string of the molecule is Cc1nn(CC(=O)NCc2ccc(CN3C[C@H](C)C[C@@H](C)C3)cc2)c(C)c1[N+](=O)[O-]. The minimum atomic E-state index is -0.459. The number of carbonyl (C=O) groups is 1. The highest BCUT2D eigenvalue weighted by molar-refractivity contribution is 5.75. The Morgan fingerprint density at radius 1 is 1.17 bits per heavy atom. The molecule has 1 aliphatic rings. The van der Waals surface area contributed by atoms with Gasteiger partial charge in [0.2, 0.25) is 5.91 Å². The molecule has 1 fully saturated rings. The number of amides is 1. The van der Waals surface area contributed by atoms with Gasteiger partial charge in [0.1, 0.15) is 17.9 Å². The standard InChI is InChI=1S/C22H31N5O3/c1-15-9-16(2)12-25(11-15)13-20-7-5-19(6-8-20)10-23-21(28)14-26-18(4)22(27(29)30)17(3)24-26/h5-8,15-16H,9-14H2,1-4H3,(H,23,28)/t15-,16-/m1/s1. The minimum Gasteiger partial charge on any atom is -0.350 e. The van der Waals surface area contributed by atoms with Crippen LogP contribution in [0.25, 0.3) is 0 Å². The van der Waals surface area contributed by atoms with Gasteiger partial charge in [-0.1, -0.05) is 38.1 Å². The first-order valence-electron chi connectivity index (χ1n) is 10.5. The number of nitrogens with zero attached hydrogens (tertiary/aromatic N) is 4. The molecule has 2 atom stereocenters. The number of nitrogens with one attached hydrogen (secondary N) is 1. The molecule has 0 aliphatic carbocycles. The van der Waals surface area contributed by atoms with E-state index in [0.29, 0.717) is 17.9 Å². The van der Waals surface area contributed by atoms with Crippen molar-refractivity contribution >= 4 is 11.6 Å². The Kier molecular flexibility index (Phi) is 6.87. The van der Waals surface area contributed by atoms with E-state index in [1.807, 2.05) is 12.1 Å². The maximum atomic E-state index is 12.3. The fourth-order valence-corrected chi connectivity index (χ4v) is 4.44. The topological polar surface area (TPSA) is 93.3 Å². The molecule has 0 spiro atoms.